The van der Waals surface area contributed by atoms with Crippen molar-refractivity contribution in [3.63, 3.8) is 0 Å². The molecule has 0 unspecified atom stereocenters. The molecule has 1 aromatic carbocycles. The van der Waals surface area contributed by atoms with Gasteiger partial charge in [-0.3, -0.25) is 14.4 Å². The predicted octanol–water partition coefficient (Wildman–Crippen LogP) is 0.320. The Morgan fingerprint density at radius 2 is 1.48 bits per heavy atom. The highest BCUT2D eigenvalue weighted by molar-refractivity contribution is 7.91. The zero-order chi connectivity index (χ0) is 18.6. The molecule has 1 aliphatic heterocycles. The number of nitrogens with zero attached hydrogens (tertiary/aromatic N) is 2. The van der Waals surface area contributed by atoms with E-state index in [1.54, 1.807) is 26.0 Å². The molecule has 1 aromatic rings. The number of benzene rings is 1. The molecule has 9 nitrogen and oxygen atoms in total. The van der Waals surface area contributed by atoms with E-state index in [1.807, 2.05) is 0 Å². The first-order valence-corrected chi connectivity index (χ1v) is 8.97. The van der Waals surface area contributed by atoms with Crippen LogP contribution in [-0.2, 0) is 29.3 Å². The van der Waals surface area contributed by atoms with E-state index in [2.05, 4.69) is 0 Å². The highest BCUT2D eigenvalue weighted by atomic mass is 32.2. The Kier molecular flexibility index (Phi) is 5.62. The van der Waals surface area contributed by atoms with E-state index in [1.165, 1.54) is 12.1 Å². The lowest BCUT2D eigenvalue weighted by molar-refractivity contribution is -0.143. The summed E-state index contributed by atoms with van der Waals surface area (Å²) in [5.74, 6) is -2.50. The first-order chi connectivity index (χ1) is 11.8. The fourth-order valence-corrected chi connectivity index (χ4v) is 3.81. The van der Waals surface area contributed by atoms with Crippen molar-refractivity contribution in [1.29, 1.82) is 0 Å². The summed E-state index contributed by atoms with van der Waals surface area (Å²) in [4.78, 5) is 36.0. The van der Waals surface area contributed by atoms with E-state index in [9.17, 15) is 22.8 Å². The number of para-hydroxylation sites is 1. The highest BCUT2D eigenvalue weighted by Gasteiger charge is 2.43. The van der Waals surface area contributed by atoms with Gasteiger partial charge in [0.1, 0.15) is 13.1 Å². The number of amides is 1. The molecule has 0 bridgehead atoms. The number of carbonyl (C=O) groups is 3. The Morgan fingerprint density at radius 3 is 2.04 bits per heavy atom. The second kappa shape index (κ2) is 7.51. The number of hydrogen-bond acceptors (Lipinski definition) is 7. The van der Waals surface area contributed by atoms with Crippen molar-refractivity contribution in [2.75, 3.05) is 30.6 Å². The molecule has 0 N–H and O–H groups in total. The number of esters is 2. The van der Waals surface area contributed by atoms with Crippen LogP contribution >= 0.6 is 0 Å². The van der Waals surface area contributed by atoms with Crippen LogP contribution < -0.4 is 4.31 Å². The fraction of sp³-hybridized carbons (Fsp3) is 0.400. The summed E-state index contributed by atoms with van der Waals surface area (Å²) in [5.41, 5.74) is 0.117. The van der Waals surface area contributed by atoms with Gasteiger partial charge in [-0.25, -0.2) is 8.61 Å². The SMILES string of the molecule is CCOC(=O)CN1C(=O)c2ccccc2N(CC(=O)OCC)S1(=O)=O. The standard InChI is InChI=1S/C15H18N2O7S/c1-3-23-13(18)9-16-12-8-6-5-7-11(12)15(20)17(25(16,21)22)10-14(19)24-4-2/h5-8H,3-4,9-10H2,1-2H3. The molecule has 0 radical (unpaired) electrons. The fourth-order valence-electron chi connectivity index (χ4n) is 2.32. The minimum Gasteiger partial charge on any atom is -0.465 e. The maximum atomic E-state index is 12.8. The normalized spacial score (nSPS) is 15.5. The number of hydrogen-bond donors (Lipinski definition) is 0. The van der Waals surface area contributed by atoms with Crippen LogP contribution in [0, 0.1) is 0 Å². The Labute approximate surface area is 145 Å². The van der Waals surface area contributed by atoms with Gasteiger partial charge in [-0.1, -0.05) is 12.1 Å². The lowest BCUT2D eigenvalue weighted by Gasteiger charge is -2.35. The van der Waals surface area contributed by atoms with Crippen LogP contribution in [0.3, 0.4) is 0 Å². The third kappa shape index (κ3) is 3.73. The molecular weight excluding hydrogens is 352 g/mol. The Morgan fingerprint density at radius 1 is 0.960 bits per heavy atom. The van der Waals surface area contributed by atoms with Crippen LogP contribution in [0.15, 0.2) is 24.3 Å². The summed E-state index contributed by atoms with van der Waals surface area (Å²) < 4.78 is 36.2. The molecule has 0 saturated heterocycles. The van der Waals surface area contributed by atoms with Gasteiger partial charge in [0.2, 0.25) is 0 Å². The lowest BCUT2D eigenvalue weighted by Crippen LogP contribution is -2.54. The van der Waals surface area contributed by atoms with E-state index in [0.717, 1.165) is 4.31 Å². The van der Waals surface area contributed by atoms with Crippen molar-refractivity contribution in [3.05, 3.63) is 29.8 Å². The number of carbonyl (C=O) groups excluding carboxylic acids is 3. The first-order valence-electron chi connectivity index (χ1n) is 7.57. The van der Waals surface area contributed by atoms with Gasteiger partial charge in [-0.05, 0) is 26.0 Å². The van der Waals surface area contributed by atoms with E-state index >= 15 is 0 Å². The molecule has 0 atom stereocenters. The smallest absolute Gasteiger partial charge is 0.329 e. The number of ether oxygens (including phenoxy) is 2. The first kappa shape index (κ1) is 18.7. The summed E-state index contributed by atoms with van der Waals surface area (Å²) >= 11 is 0. The Hall–Kier alpha value is -2.62. The summed E-state index contributed by atoms with van der Waals surface area (Å²) in [6.45, 7) is 1.90. The maximum absolute atomic E-state index is 12.8. The van der Waals surface area contributed by atoms with Gasteiger partial charge < -0.3 is 9.47 Å². The van der Waals surface area contributed by atoms with Crippen LogP contribution in [0.2, 0.25) is 0 Å². The molecule has 10 heteroatoms. The van der Waals surface area contributed by atoms with Crippen molar-refractivity contribution < 1.29 is 32.3 Å². The van der Waals surface area contributed by atoms with Crippen LogP contribution in [0.5, 0.6) is 0 Å². The third-order valence-corrected chi connectivity index (χ3v) is 5.08. The number of fused-ring (bicyclic) bond motifs is 1. The van der Waals surface area contributed by atoms with Crippen LogP contribution in [0.25, 0.3) is 0 Å². The molecule has 0 spiro atoms. The van der Waals surface area contributed by atoms with Gasteiger partial charge in [-0.2, -0.15) is 8.42 Å². The predicted molar refractivity (Wildman–Crippen MR) is 87.0 cm³/mol. The lowest BCUT2D eigenvalue weighted by atomic mass is 10.1. The average Bonchev–Trinajstić information content (AvgIpc) is 2.56. The van der Waals surface area contributed by atoms with Crippen molar-refractivity contribution in [3.8, 4) is 0 Å². The quantitative estimate of drug-likeness (QED) is 0.663. The number of rotatable bonds is 6. The number of anilines is 1. The average molecular weight is 370 g/mol. The monoisotopic (exact) mass is 370 g/mol. The summed E-state index contributed by atoms with van der Waals surface area (Å²) in [7, 11) is -4.44. The molecule has 0 aromatic heterocycles. The Bertz CT molecular complexity index is 791. The molecule has 2 rings (SSSR count). The molecule has 25 heavy (non-hydrogen) atoms. The molecule has 136 valence electrons. The molecule has 1 amide bonds. The third-order valence-electron chi connectivity index (χ3n) is 3.34. The van der Waals surface area contributed by atoms with Crippen molar-refractivity contribution in [2.24, 2.45) is 0 Å². The molecule has 1 heterocycles. The zero-order valence-electron chi connectivity index (χ0n) is 13.8. The zero-order valence-corrected chi connectivity index (χ0v) is 14.6. The van der Waals surface area contributed by atoms with Crippen molar-refractivity contribution >= 4 is 33.7 Å². The van der Waals surface area contributed by atoms with Crippen LogP contribution in [0.1, 0.15) is 24.2 Å². The van der Waals surface area contributed by atoms with Gasteiger partial charge in [0, 0.05) is 0 Å². The second-order valence-corrected chi connectivity index (χ2v) is 6.73. The molecule has 0 saturated carbocycles. The van der Waals surface area contributed by atoms with Gasteiger partial charge >= 0.3 is 22.1 Å². The molecule has 1 aliphatic rings. The minimum atomic E-state index is -4.44. The van der Waals surface area contributed by atoms with Gasteiger partial charge in [-0.15, -0.1) is 0 Å². The van der Waals surface area contributed by atoms with E-state index in [0.29, 0.717) is 4.31 Å². The van der Waals surface area contributed by atoms with E-state index in [-0.39, 0.29) is 24.5 Å². The topological polar surface area (TPSA) is 110 Å². The molecule has 0 aliphatic carbocycles. The summed E-state index contributed by atoms with van der Waals surface area (Å²) in [6.07, 6.45) is 0. The summed E-state index contributed by atoms with van der Waals surface area (Å²) in [5, 5.41) is 0. The van der Waals surface area contributed by atoms with E-state index in [4.69, 9.17) is 9.47 Å². The van der Waals surface area contributed by atoms with Gasteiger partial charge in [0.15, 0.2) is 0 Å². The van der Waals surface area contributed by atoms with Gasteiger partial charge in [0.05, 0.1) is 24.5 Å². The summed E-state index contributed by atoms with van der Waals surface area (Å²) in [6, 6.07) is 5.93. The second-order valence-electron chi connectivity index (χ2n) is 4.95. The largest absolute Gasteiger partial charge is 0.465 e. The van der Waals surface area contributed by atoms with Crippen LogP contribution in [-0.4, -0.2) is 56.9 Å². The van der Waals surface area contributed by atoms with Gasteiger partial charge in [0.25, 0.3) is 5.91 Å². The highest BCUT2D eigenvalue weighted by Crippen LogP contribution is 2.31. The molecule has 0 fully saturated rings. The Balaban J connectivity index is 2.46. The van der Waals surface area contributed by atoms with E-state index < -0.39 is 41.1 Å². The molecular formula is C15H18N2O7S. The van der Waals surface area contributed by atoms with Crippen LogP contribution in [0.4, 0.5) is 5.69 Å². The minimum absolute atomic E-state index is 0.0457. The van der Waals surface area contributed by atoms with Crippen molar-refractivity contribution in [1.82, 2.24) is 4.31 Å². The maximum Gasteiger partial charge on any atom is 0.329 e. The van der Waals surface area contributed by atoms with Crippen molar-refractivity contribution in [2.45, 2.75) is 13.8 Å².